The summed E-state index contributed by atoms with van der Waals surface area (Å²) in [6.45, 7) is 2.11. The number of aryl methyl sites for hydroxylation is 1. The number of hydrogen-bond acceptors (Lipinski definition) is 4. The highest BCUT2D eigenvalue weighted by molar-refractivity contribution is 5.80. The van der Waals surface area contributed by atoms with Crippen LogP contribution in [0.25, 0.3) is 11.1 Å². The molecule has 1 saturated heterocycles. The van der Waals surface area contributed by atoms with Gasteiger partial charge in [-0.05, 0) is 37.0 Å². The number of amides is 1. The molecule has 5 rings (SSSR count). The van der Waals surface area contributed by atoms with E-state index in [1.807, 2.05) is 30.4 Å². The van der Waals surface area contributed by atoms with E-state index in [0.29, 0.717) is 26.0 Å². The molecular weight excluding hydrogens is 330 g/mol. The van der Waals surface area contributed by atoms with Crippen LogP contribution in [0.15, 0.2) is 30.6 Å². The number of aliphatic hydroxyl groups excluding tert-OH is 1. The predicted molar refractivity (Wildman–Crippen MR) is 95.7 cm³/mol. The molecule has 0 radical (unpaired) electrons. The number of aliphatic hydroxyl groups is 1. The minimum absolute atomic E-state index is 0.00340. The second-order valence-electron chi connectivity index (χ2n) is 8.01. The lowest BCUT2D eigenvalue weighted by Gasteiger charge is -2.34. The van der Waals surface area contributed by atoms with Crippen LogP contribution in [0.4, 0.5) is 0 Å². The topological polar surface area (TPSA) is 67.6 Å². The minimum atomic E-state index is -0.293. The Balaban J connectivity index is 1.41. The maximum absolute atomic E-state index is 12.7. The van der Waals surface area contributed by atoms with E-state index in [0.717, 1.165) is 29.8 Å². The second-order valence-corrected chi connectivity index (χ2v) is 8.01. The summed E-state index contributed by atoms with van der Waals surface area (Å²) in [6.07, 6.45) is 5.74. The third-order valence-corrected chi connectivity index (χ3v) is 6.22. The summed E-state index contributed by atoms with van der Waals surface area (Å²) < 4.78 is 7.78. The summed E-state index contributed by atoms with van der Waals surface area (Å²) >= 11 is 0. The first kappa shape index (κ1) is 15.9. The Hall–Kier alpha value is -2.34. The molecule has 2 aromatic rings. The second kappa shape index (κ2) is 5.58. The van der Waals surface area contributed by atoms with Gasteiger partial charge >= 0.3 is 0 Å². The molecule has 1 atom stereocenters. The normalized spacial score (nSPS) is 29.5. The van der Waals surface area contributed by atoms with Gasteiger partial charge in [-0.15, -0.1) is 0 Å². The SMILES string of the molecule is Cn1cc(-c2ccc3c(c2)C2(CCN(C(=O)C4CC(O)C4)C2)CO3)cn1. The molecule has 136 valence electrons. The number of aromatic nitrogens is 2. The van der Waals surface area contributed by atoms with Crippen molar-refractivity contribution in [1.82, 2.24) is 14.7 Å². The number of benzene rings is 1. The zero-order valence-electron chi connectivity index (χ0n) is 14.9. The first-order valence-corrected chi connectivity index (χ1v) is 9.27. The Morgan fingerprint density at radius 1 is 1.35 bits per heavy atom. The van der Waals surface area contributed by atoms with Crippen molar-refractivity contribution in [3.8, 4) is 16.9 Å². The van der Waals surface area contributed by atoms with Gasteiger partial charge < -0.3 is 14.7 Å². The molecule has 1 spiro atoms. The minimum Gasteiger partial charge on any atom is -0.492 e. The van der Waals surface area contributed by atoms with Crippen molar-refractivity contribution in [2.75, 3.05) is 19.7 Å². The standard InChI is InChI=1S/C20H23N3O3/c1-22-10-15(9-21-22)13-2-3-18-17(8-13)20(12-26-18)4-5-23(11-20)19(25)14-6-16(24)7-14/h2-3,8-10,14,16,24H,4-7,11-12H2,1H3. The van der Waals surface area contributed by atoms with Crippen LogP contribution in [-0.2, 0) is 17.3 Å². The molecule has 6 nitrogen and oxygen atoms in total. The van der Waals surface area contributed by atoms with E-state index in [1.165, 1.54) is 5.56 Å². The average molecular weight is 353 g/mol. The molecule has 3 aliphatic rings. The van der Waals surface area contributed by atoms with Crippen LogP contribution in [0.2, 0.25) is 0 Å². The van der Waals surface area contributed by atoms with E-state index in [-0.39, 0.29) is 23.3 Å². The van der Waals surface area contributed by atoms with Crippen LogP contribution in [0, 0.1) is 5.92 Å². The molecular formula is C20H23N3O3. The van der Waals surface area contributed by atoms with Crippen LogP contribution >= 0.6 is 0 Å². The lowest BCUT2D eigenvalue weighted by molar-refractivity contribution is -0.141. The highest BCUT2D eigenvalue weighted by Gasteiger charge is 2.49. The van der Waals surface area contributed by atoms with Gasteiger partial charge in [-0.1, -0.05) is 6.07 Å². The smallest absolute Gasteiger partial charge is 0.225 e. The Labute approximate surface area is 152 Å². The number of carbonyl (C=O) groups excluding carboxylic acids is 1. The van der Waals surface area contributed by atoms with Gasteiger partial charge in [0.05, 0.1) is 24.3 Å². The molecule has 1 saturated carbocycles. The van der Waals surface area contributed by atoms with E-state index in [4.69, 9.17) is 4.74 Å². The molecule has 2 fully saturated rings. The number of fused-ring (bicyclic) bond motifs is 2. The Morgan fingerprint density at radius 3 is 2.92 bits per heavy atom. The third-order valence-electron chi connectivity index (χ3n) is 6.22. The van der Waals surface area contributed by atoms with Crippen LogP contribution in [0.1, 0.15) is 24.8 Å². The molecule has 1 N–H and O–H groups in total. The monoisotopic (exact) mass is 353 g/mol. The summed E-state index contributed by atoms with van der Waals surface area (Å²) in [4.78, 5) is 14.7. The van der Waals surface area contributed by atoms with E-state index in [2.05, 4.69) is 17.2 Å². The zero-order chi connectivity index (χ0) is 17.9. The molecule has 0 bridgehead atoms. The van der Waals surface area contributed by atoms with Gasteiger partial charge in [0.1, 0.15) is 5.75 Å². The number of nitrogens with zero attached hydrogens (tertiary/aromatic N) is 3. The summed E-state index contributed by atoms with van der Waals surface area (Å²) in [5, 5.41) is 13.8. The highest BCUT2D eigenvalue weighted by Crippen LogP contribution is 2.47. The quantitative estimate of drug-likeness (QED) is 0.893. The van der Waals surface area contributed by atoms with Gasteiger partial charge in [0.25, 0.3) is 0 Å². The van der Waals surface area contributed by atoms with Gasteiger partial charge in [0.15, 0.2) is 0 Å². The third kappa shape index (κ3) is 2.35. The van der Waals surface area contributed by atoms with Crippen LogP contribution in [-0.4, -0.2) is 51.5 Å². The molecule has 1 unspecified atom stereocenters. The van der Waals surface area contributed by atoms with Crippen LogP contribution < -0.4 is 4.74 Å². The molecule has 26 heavy (non-hydrogen) atoms. The van der Waals surface area contributed by atoms with Crippen molar-refractivity contribution in [3.05, 3.63) is 36.2 Å². The summed E-state index contributed by atoms with van der Waals surface area (Å²) in [7, 11) is 1.92. The Morgan fingerprint density at radius 2 is 2.19 bits per heavy atom. The average Bonchev–Trinajstić information content (AvgIpc) is 3.32. The Kier molecular flexibility index (Phi) is 3.41. The lowest BCUT2D eigenvalue weighted by atomic mass is 9.80. The van der Waals surface area contributed by atoms with Crippen molar-refractivity contribution < 1.29 is 14.6 Å². The van der Waals surface area contributed by atoms with Crippen LogP contribution in [0.5, 0.6) is 5.75 Å². The van der Waals surface area contributed by atoms with Gasteiger partial charge in [-0.2, -0.15) is 5.10 Å². The van der Waals surface area contributed by atoms with Crippen LogP contribution in [0.3, 0.4) is 0 Å². The molecule has 3 heterocycles. The molecule has 1 aromatic heterocycles. The lowest BCUT2D eigenvalue weighted by Crippen LogP contribution is -2.44. The summed E-state index contributed by atoms with van der Waals surface area (Å²) in [6, 6.07) is 6.32. The van der Waals surface area contributed by atoms with E-state index >= 15 is 0 Å². The van der Waals surface area contributed by atoms with Gasteiger partial charge in [-0.25, -0.2) is 0 Å². The first-order valence-electron chi connectivity index (χ1n) is 9.27. The fraction of sp³-hybridized carbons (Fsp3) is 0.500. The molecule has 1 amide bonds. The number of ether oxygens (including phenoxy) is 1. The zero-order valence-corrected chi connectivity index (χ0v) is 14.9. The highest BCUT2D eigenvalue weighted by atomic mass is 16.5. The Bertz CT molecular complexity index is 871. The predicted octanol–water partition coefficient (Wildman–Crippen LogP) is 1.72. The van der Waals surface area contributed by atoms with E-state index < -0.39 is 0 Å². The molecule has 1 aliphatic carbocycles. The van der Waals surface area contributed by atoms with Crippen molar-refractivity contribution in [2.45, 2.75) is 30.8 Å². The fourth-order valence-electron chi connectivity index (χ4n) is 4.56. The molecule has 2 aliphatic heterocycles. The number of carbonyl (C=O) groups is 1. The number of hydrogen-bond donors (Lipinski definition) is 1. The summed E-state index contributed by atoms with van der Waals surface area (Å²) in [5.74, 6) is 1.14. The maximum atomic E-state index is 12.7. The van der Waals surface area contributed by atoms with Crippen molar-refractivity contribution >= 4 is 5.91 Å². The molecule has 6 heteroatoms. The van der Waals surface area contributed by atoms with E-state index in [1.54, 1.807) is 4.68 Å². The number of rotatable bonds is 2. The van der Waals surface area contributed by atoms with E-state index in [9.17, 15) is 9.90 Å². The maximum Gasteiger partial charge on any atom is 0.225 e. The van der Waals surface area contributed by atoms with Gasteiger partial charge in [0.2, 0.25) is 5.91 Å². The van der Waals surface area contributed by atoms with Gasteiger partial charge in [-0.3, -0.25) is 9.48 Å². The molecule has 1 aromatic carbocycles. The largest absolute Gasteiger partial charge is 0.492 e. The van der Waals surface area contributed by atoms with Gasteiger partial charge in [0, 0.05) is 43.4 Å². The summed E-state index contributed by atoms with van der Waals surface area (Å²) in [5.41, 5.74) is 3.33. The fourth-order valence-corrected chi connectivity index (χ4v) is 4.56. The van der Waals surface area contributed by atoms with Crippen molar-refractivity contribution in [3.63, 3.8) is 0 Å². The van der Waals surface area contributed by atoms with Crippen molar-refractivity contribution in [2.24, 2.45) is 13.0 Å². The van der Waals surface area contributed by atoms with Crippen molar-refractivity contribution in [1.29, 1.82) is 0 Å². The number of likely N-dealkylation sites (tertiary alicyclic amines) is 1. The first-order chi connectivity index (χ1) is 12.5.